The Kier molecular flexibility index (Phi) is 4.03. The molecule has 0 spiro atoms. The number of benzene rings is 1. The van der Waals surface area contributed by atoms with E-state index in [1.165, 1.54) is 18.2 Å². The molecule has 0 N–H and O–H groups in total. The van der Waals surface area contributed by atoms with Crippen LogP contribution in [-0.4, -0.2) is 38.0 Å². The molecule has 1 aliphatic heterocycles. The summed E-state index contributed by atoms with van der Waals surface area (Å²) < 4.78 is 46.4. The van der Waals surface area contributed by atoms with Gasteiger partial charge in [-0.15, -0.1) is 0 Å². The van der Waals surface area contributed by atoms with Gasteiger partial charge in [0.2, 0.25) is 10.0 Å². The molecule has 1 aliphatic carbocycles. The van der Waals surface area contributed by atoms with Crippen molar-refractivity contribution in [2.75, 3.05) is 13.2 Å². The zero-order valence-electron chi connectivity index (χ0n) is 12.1. The Bertz CT molecular complexity index is 630. The van der Waals surface area contributed by atoms with Gasteiger partial charge in [0, 0.05) is 6.54 Å². The van der Waals surface area contributed by atoms with E-state index < -0.39 is 15.8 Å². The van der Waals surface area contributed by atoms with Crippen molar-refractivity contribution in [1.82, 2.24) is 4.31 Å². The minimum atomic E-state index is -3.59. The zero-order valence-corrected chi connectivity index (χ0v) is 12.9. The second kappa shape index (κ2) is 5.66. The van der Waals surface area contributed by atoms with Crippen LogP contribution < -0.4 is 0 Å². The Morgan fingerprint density at radius 3 is 2.81 bits per heavy atom. The number of ether oxygens (including phenoxy) is 1. The number of fused-ring (bicyclic) bond motifs is 1. The smallest absolute Gasteiger partial charge is 0.243 e. The minimum absolute atomic E-state index is 0.00281. The number of nitrogens with zero attached hydrogens (tertiary/aromatic N) is 1. The maximum Gasteiger partial charge on any atom is 0.243 e. The van der Waals surface area contributed by atoms with Crippen LogP contribution in [0.4, 0.5) is 4.39 Å². The van der Waals surface area contributed by atoms with Crippen LogP contribution in [0.15, 0.2) is 23.1 Å². The molecule has 0 aromatic heterocycles. The van der Waals surface area contributed by atoms with Gasteiger partial charge in [-0.1, -0.05) is 12.8 Å². The molecule has 1 heterocycles. The standard InChI is InChI=1S/C15H20FNO3S/c1-11-10-12(16)6-7-15(11)21(18,19)17-8-9-20-14-5-3-2-4-13(14)17/h6-7,10,13-14H,2-5,8-9H2,1H3/t13-,14+/m0/s1. The van der Waals surface area contributed by atoms with E-state index in [-0.39, 0.29) is 17.0 Å². The van der Waals surface area contributed by atoms with E-state index in [9.17, 15) is 12.8 Å². The van der Waals surface area contributed by atoms with E-state index in [1.54, 1.807) is 11.2 Å². The van der Waals surface area contributed by atoms with Crippen molar-refractivity contribution >= 4 is 10.0 Å². The van der Waals surface area contributed by atoms with Gasteiger partial charge in [0.15, 0.2) is 0 Å². The fourth-order valence-electron chi connectivity index (χ4n) is 3.39. The molecule has 2 fully saturated rings. The van der Waals surface area contributed by atoms with Crippen molar-refractivity contribution in [2.45, 2.75) is 49.6 Å². The van der Waals surface area contributed by atoms with E-state index in [1.807, 2.05) is 0 Å². The molecule has 21 heavy (non-hydrogen) atoms. The number of hydrogen-bond donors (Lipinski definition) is 0. The van der Waals surface area contributed by atoms with Crippen molar-refractivity contribution in [3.05, 3.63) is 29.6 Å². The summed E-state index contributed by atoms with van der Waals surface area (Å²) in [5.41, 5.74) is 0.453. The highest BCUT2D eigenvalue weighted by Gasteiger charge is 2.41. The molecule has 1 aromatic carbocycles. The normalized spacial score (nSPS) is 27.3. The highest BCUT2D eigenvalue weighted by atomic mass is 32.2. The number of aryl methyl sites for hydroxylation is 1. The Hall–Kier alpha value is -0.980. The summed E-state index contributed by atoms with van der Waals surface area (Å²) in [6.45, 7) is 2.44. The van der Waals surface area contributed by atoms with E-state index >= 15 is 0 Å². The quantitative estimate of drug-likeness (QED) is 0.842. The second-order valence-electron chi connectivity index (χ2n) is 5.79. The van der Waals surface area contributed by atoms with Crippen LogP contribution in [0, 0.1) is 12.7 Å². The van der Waals surface area contributed by atoms with Crippen LogP contribution in [0.25, 0.3) is 0 Å². The van der Waals surface area contributed by atoms with Gasteiger partial charge < -0.3 is 4.74 Å². The molecule has 0 unspecified atom stereocenters. The van der Waals surface area contributed by atoms with Crippen LogP contribution in [0.3, 0.4) is 0 Å². The number of sulfonamides is 1. The van der Waals surface area contributed by atoms with Gasteiger partial charge >= 0.3 is 0 Å². The first kappa shape index (κ1) is 14.9. The van der Waals surface area contributed by atoms with Gasteiger partial charge in [0.25, 0.3) is 0 Å². The maximum atomic E-state index is 13.2. The molecule has 4 nitrogen and oxygen atoms in total. The average molecular weight is 313 g/mol. The van der Waals surface area contributed by atoms with Gasteiger partial charge in [0.1, 0.15) is 5.82 Å². The topological polar surface area (TPSA) is 46.6 Å². The Labute approximate surface area is 125 Å². The average Bonchev–Trinajstić information content (AvgIpc) is 2.46. The molecule has 0 amide bonds. The summed E-state index contributed by atoms with van der Waals surface area (Å²) in [5.74, 6) is -0.413. The first-order valence-electron chi connectivity index (χ1n) is 7.40. The first-order chi connectivity index (χ1) is 10.00. The summed E-state index contributed by atoms with van der Waals surface area (Å²) in [6, 6.07) is 3.76. The number of morpholine rings is 1. The summed E-state index contributed by atoms with van der Waals surface area (Å²) in [6.07, 6.45) is 3.87. The van der Waals surface area contributed by atoms with E-state index in [0.717, 1.165) is 25.7 Å². The fraction of sp³-hybridized carbons (Fsp3) is 0.600. The molecule has 116 valence electrons. The Morgan fingerprint density at radius 1 is 1.29 bits per heavy atom. The Morgan fingerprint density at radius 2 is 2.05 bits per heavy atom. The molecule has 3 rings (SSSR count). The number of rotatable bonds is 2. The lowest BCUT2D eigenvalue weighted by Crippen LogP contribution is -2.54. The molecule has 1 saturated carbocycles. The lowest BCUT2D eigenvalue weighted by atomic mass is 9.91. The van der Waals surface area contributed by atoms with Crippen molar-refractivity contribution in [3.63, 3.8) is 0 Å². The first-order valence-corrected chi connectivity index (χ1v) is 8.84. The molecule has 2 atom stereocenters. The molecule has 2 aliphatic rings. The van der Waals surface area contributed by atoms with Crippen molar-refractivity contribution in [1.29, 1.82) is 0 Å². The summed E-state index contributed by atoms with van der Waals surface area (Å²) in [5, 5.41) is 0. The van der Waals surface area contributed by atoms with Crippen molar-refractivity contribution in [3.8, 4) is 0 Å². The highest BCUT2D eigenvalue weighted by Crippen LogP contribution is 2.33. The van der Waals surface area contributed by atoms with E-state index in [0.29, 0.717) is 18.7 Å². The predicted molar refractivity (Wildman–Crippen MR) is 77.0 cm³/mol. The maximum absolute atomic E-state index is 13.2. The second-order valence-corrected chi connectivity index (χ2v) is 7.65. The number of halogens is 1. The minimum Gasteiger partial charge on any atom is -0.375 e. The molecular weight excluding hydrogens is 293 g/mol. The molecule has 0 bridgehead atoms. The van der Waals surface area contributed by atoms with Crippen LogP contribution in [0.5, 0.6) is 0 Å². The fourth-order valence-corrected chi connectivity index (χ4v) is 5.26. The molecule has 1 aromatic rings. The number of hydrogen-bond acceptors (Lipinski definition) is 3. The zero-order chi connectivity index (χ0) is 15.0. The van der Waals surface area contributed by atoms with Gasteiger partial charge in [-0.3, -0.25) is 0 Å². The summed E-state index contributed by atoms with van der Waals surface area (Å²) in [4.78, 5) is 0.204. The Balaban J connectivity index is 1.96. The highest BCUT2D eigenvalue weighted by molar-refractivity contribution is 7.89. The summed E-state index contributed by atoms with van der Waals surface area (Å²) >= 11 is 0. The van der Waals surface area contributed by atoms with Crippen LogP contribution in [-0.2, 0) is 14.8 Å². The lowest BCUT2D eigenvalue weighted by molar-refractivity contribution is -0.0586. The SMILES string of the molecule is Cc1cc(F)ccc1S(=O)(=O)N1CCO[C@@H]2CCCC[C@@H]21. The van der Waals surface area contributed by atoms with Crippen LogP contribution >= 0.6 is 0 Å². The largest absolute Gasteiger partial charge is 0.375 e. The van der Waals surface area contributed by atoms with E-state index in [2.05, 4.69) is 0 Å². The van der Waals surface area contributed by atoms with Crippen LogP contribution in [0.1, 0.15) is 31.2 Å². The third kappa shape index (κ3) is 2.72. The molecule has 1 saturated heterocycles. The molecular formula is C15H20FNO3S. The third-order valence-electron chi connectivity index (χ3n) is 4.40. The lowest BCUT2D eigenvalue weighted by Gasteiger charge is -2.42. The van der Waals surface area contributed by atoms with E-state index in [4.69, 9.17) is 4.74 Å². The molecule has 6 heteroatoms. The van der Waals surface area contributed by atoms with Gasteiger partial charge in [-0.05, 0) is 43.5 Å². The van der Waals surface area contributed by atoms with Crippen molar-refractivity contribution < 1.29 is 17.5 Å². The van der Waals surface area contributed by atoms with Crippen LogP contribution in [0.2, 0.25) is 0 Å². The summed E-state index contributed by atoms with van der Waals surface area (Å²) in [7, 11) is -3.59. The molecule has 0 radical (unpaired) electrons. The van der Waals surface area contributed by atoms with Gasteiger partial charge in [-0.25, -0.2) is 12.8 Å². The van der Waals surface area contributed by atoms with Crippen molar-refractivity contribution in [2.24, 2.45) is 0 Å². The predicted octanol–water partition coefficient (Wildman–Crippen LogP) is 2.47. The van der Waals surface area contributed by atoms with Gasteiger partial charge in [-0.2, -0.15) is 4.31 Å². The third-order valence-corrected chi connectivity index (χ3v) is 6.49. The monoisotopic (exact) mass is 313 g/mol. The van der Waals surface area contributed by atoms with Gasteiger partial charge in [0.05, 0.1) is 23.6 Å².